The van der Waals surface area contributed by atoms with Gasteiger partial charge in [0.2, 0.25) is 5.78 Å². The Morgan fingerprint density at radius 2 is 1.76 bits per heavy atom. The maximum Gasteiger partial charge on any atom is 0.227 e. The van der Waals surface area contributed by atoms with E-state index in [9.17, 15) is 19.5 Å². The molecule has 0 aromatic heterocycles. The van der Waals surface area contributed by atoms with Crippen LogP contribution in [-0.2, 0) is 10.2 Å². The van der Waals surface area contributed by atoms with Crippen molar-refractivity contribution in [2.75, 3.05) is 6.61 Å². The van der Waals surface area contributed by atoms with Crippen LogP contribution in [0.2, 0.25) is 0 Å². The van der Waals surface area contributed by atoms with Crippen molar-refractivity contribution in [2.24, 2.45) is 5.92 Å². The van der Waals surface area contributed by atoms with Crippen molar-refractivity contribution in [3.05, 3.63) is 57.9 Å². The summed E-state index contributed by atoms with van der Waals surface area (Å²) in [6, 6.07) is 3.26. The summed E-state index contributed by atoms with van der Waals surface area (Å²) in [6.45, 7) is 2.35. The van der Waals surface area contributed by atoms with Gasteiger partial charge < -0.3 is 9.84 Å². The fraction of sp³-hybridized carbons (Fsp3) is 0.350. The summed E-state index contributed by atoms with van der Waals surface area (Å²) in [6.07, 6.45) is 3.29. The fourth-order valence-electron chi connectivity index (χ4n) is 4.81. The minimum atomic E-state index is -0.515. The predicted octanol–water partition coefficient (Wildman–Crippen LogP) is 2.13. The zero-order chi connectivity index (χ0) is 17.5. The van der Waals surface area contributed by atoms with E-state index in [2.05, 4.69) is 0 Å². The highest BCUT2D eigenvalue weighted by Crippen LogP contribution is 2.54. The van der Waals surface area contributed by atoms with Crippen molar-refractivity contribution in [3.8, 4) is 0 Å². The minimum absolute atomic E-state index is 0.181. The monoisotopic (exact) mass is 336 g/mol. The maximum atomic E-state index is 13.0. The number of hydrogen-bond acceptors (Lipinski definition) is 5. The molecule has 0 spiro atoms. The van der Waals surface area contributed by atoms with Crippen molar-refractivity contribution in [1.29, 1.82) is 0 Å². The number of ether oxygens (including phenoxy) is 1. The van der Waals surface area contributed by atoms with Gasteiger partial charge in [0, 0.05) is 28.0 Å². The number of rotatable bonds is 0. The van der Waals surface area contributed by atoms with Crippen molar-refractivity contribution in [1.82, 2.24) is 0 Å². The Morgan fingerprint density at radius 3 is 2.48 bits per heavy atom. The summed E-state index contributed by atoms with van der Waals surface area (Å²) in [7, 11) is 0. The molecule has 1 aromatic rings. The summed E-state index contributed by atoms with van der Waals surface area (Å²) in [5, 5.41) is 10.3. The lowest BCUT2D eigenvalue weighted by Crippen LogP contribution is -2.43. The summed E-state index contributed by atoms with van der Waals surface area (Å²) in [5.41, 5.74) is 2.23. The molecule has 0 radical (unpaired) electrons. The average molecular weight is 336 g/mol. The first kappa shape index (κ1) is 14.8. The van der Waals surface area contributed by atoms with Gasteiger partial charge >= 0.3 is 0 Å². The first-order valence-electron chi connectivity index (χ1n) is 8.47. The SMILES string of the molecule is C[C@@]12CC[C@H](O)[C@@H]3COC(=C31)C(=O)c1cc3c(cc12)C(=O)C=CC3=O. The number of fused-ring (bicyclic) bond motifs is 3. The van der Waals surface area contributed by atoms with Gasteiger partial charge in [0.1, 0.15) is 0 Å². The molecule has 0 saturated heterocycles. The molecule has 1 saturated carbocycles. The zero-order valence-electron chi connectivity index (χ0n) is 13.7. The van der Waals surface area contributed by atoms with Gasteiger partial charge in [-0.3, -0.25) is 14.4 Å². The van der Waals surface area contributed by atoms with E-state index in [0.717, 1.165) is 11.1 Å². The second-order valence-corrected chi connectivity index (χ2v) is 7.43. The number of Topliss-reactive ketones (excluding diaryl/α,β-unsaturated/α-hetero) is 1. The Hall–Kier alpha value is -2.53. The first-order chi connectivity index (χ1) is 11.9. The highest BCUT2D eigenvalue weighted by Gasteiger charge is 2.53. The zero-order valence-corrected chi connectivity index (χ0v) is 13.7. The normalized spacial score (nSPS) is 32.3. The largest absolute Gasteiger partial charge is 0.489 e. The van der Waals surface area contributed by atoms with Crippen LogP contribution in [0.1, 0.15) is 56.4 Å². The summed E-state index contributed by atoms with van der Waals surface area (Å²) < 4.78 is 5.67. The van der Waals surface area contributed by atoms with E-state index in [1.165, 1.54) is 12.2 Å². The number of carbonyl (C=O) groups is 3. The lowest BCUT2D eigenvalue weighted by molar-refractivity contribution is 0.0630. The highest BCUT2D eigenvalue weighted by atomic mass is 16.5. The molecule has 0 bridgehead atoms. The molecule has 0 amide bonds. The van der Waals surface area contributed by atoms with Gasteiger partial charge in [0.05, 0.1) is 12.7 Å². The molecule has 1 aliphatic heterocycles. The van der Waals surface area contributed by atoms with Gasteiger partial charge in [0.25, 0.3) is 0 Å². The van der Waals surface area contributed by atoms with Crippen LogP contribution in [0.25, 0.3) is 0 Å². The van der Waals surface area contributed by atoms with E-state index in [1.807, 2.05) is 6.92 Å². The molecule has 5 rings (SSSR count). The van der Waals surface area contributed by atoms with E-state index >= 15 is 0 Å². The molecule has 1 aromatic carbocycles. The van der Waals surface area contributed by atoms with Crippen LogP contribution in [0.5, 0.6) is 0 Å². The summed E-state index contributed by atoms with van der Waals surface area (Å²) in [5.74, 6) is -0.595. The second-order valence-electron chi connectivity index (χ2n) is 7.43. The number of aliphatic hydroxyl groups excluding tert-OH is 1. The van der Waals surface area contributed by atoms with Crippen LogP contribution in [0.3, 0.4) is 0 Å². The fourth-order valence-corrected chi connectivity index (χ4v) is 4.81. The molecule has 25 heavy (non-hydrogen) atoms. The molecule has 1 heterocycles. The van der Waals surface area contributed by atoms with Crippen molar-refractivity contribution in [3.63, 3.8) is 0 Å². The summed E-state index contributed by atoms with van der Waals surface area (Å²) >= 11 is 0. The van der Waals surface area contributed by atoms with E-state index in [4.69, 9.17) is 4.74 Å². The Morgan fingerprint density at radius 1 is 1.08 bits per heavy atom. The maximum absolute atomic E-state index is 13.0. The third-order valence-corrected chi connectivity index (χ3v) is 6.14. The molecule has 1 fully saturated rings. The van der Waals surface area contributed by atoms with Gasteiger partial charge in [-0.2, -0.15) is 0 Å². The molecular formula is C20H16O5. The van der Waals surface area contributed by atoms with Crippen LogP contribution >= 0.6 is 0 Å². The predicted molar refractivity (Wildman–Crippen MR) is 87.6 cm³/mol. The standard InChI is InChI=1S/C20H16O5/c1-20-5-4-16(23)12-8-25-19(17(12)20)18(24)11-6-9-10(7-13(11)20)15(22)3-2-14(9)21/h2-3,6-7,12,16,23H,4-5,8H2,1H3/t12-,16-,20-/m0/s1. The minimum Gasteiger partial charge on any atom is -0.489 e. The van der Waals surface area contributed by atoms with Gasteiger partial charge in [-0.15, -0.1) is 0 Å². The molecule has 3 atom stereocenters. The van der Waals surface area contributed by atoms with Gasteiger partial charge in [-0.05, 0) is 48.3 Å². The molecule has 3 aliphatic carbocycles. The molecule has 4 aliphatic rings. The first-order valence-corrected chi connectivity index (χ1v) is 8.47. The average Bonchev–Trinajstić information content (AvgIpc) is 3.06. The van der Waals surface area contributed by atoms with Crippen LogP contribution in [-0.4, -0.2) is 35.2 Å². The molecule has 5 nitrogen and oxygen atoms in total. The molecule has 0 unspecified atom stereocenters. The Labute approximate surface area is 144 Å². The lowest BCUT2D eigenvalue weighted by Gasteiger charge is -2.44. The Balaban J connectivity index is 1.80. The number of allylic oxidation sites excluding steroid dienone is 3. The Kier molecular flexibility index (Phi) is 2.69. The number of ketones is 3. The number of hydrogen-bond donors (Lipinski definition) is 1. The van der Waals surface area contributed by atoms with Crippen molar-refractivity contribution >= 4 is 17.3 Å². The van der Waals surface area contributed by atoms with Gasteiger partial charge in [-0.25, -0.2) is 0 Å². The van der Waals surface area contributed by atoms with Crippen molar-refractivity contribution in [2.45, 2.75) is 31.3 Å². The third-order valence-electron chi connectivity index (χ3n) is 6.14. The van der Waals surface area contributed by atoms with E-state index < -0.39 is 11.5 Å². The van der Waals surface area contributed by atoms with Crippen LogP contribution in [0.15, 0.2) is 35.6 Å². The second kappa shape index (κ2) is 4.55. The number of aliphatic hydroxyl groups is 1. The van der Waals surface area contributed by atoms with Crippen LogP contribution < -0.4 is 0 Å². The van der Waals surface area contributed by atoms with Crippen LogP contribution in [0.4, 0.5) is 0 Å². The lowest BCUT2D eigenvalue weighted by atomic mass is 9.59. The van der Waals surface area contributed by atoms with Gasteiger partial charge in [-0.1, -0.05) is 6.92 Å². The molecular weight excluding hydrogens is 320 g/mol. The Bertz CT molecular complexity index is 951. The van der Waals surface area contributed by atoms with E-state index in [1.54, 1.807) is 12.1 Å². The number of carbonyl (C=O) groups excluding carboxylic acids is 3. The smallest absolute Gasteiger partial charge is 0.227 e. The van der Waals surface area contributed by atoms with E-state index in [0.29, 0.717) is 36.3 Å². The van der Waals surface area contributed by atoms with Crippen LogP contribution in [0, 0.1) is 5.92 Å². The molecule has 1 N–H and O–H groups in total. The summed E-state index contributed by atoms with van der Waals surface area (Å²) in [4.78, 5) is 37.4. The highest BCUT2D eigenvalue weighted by molar-refractivity contribution is 6.23. The van der Waals surface area contributed by atoms with Crippen molar-refractivity contribution < 1.29 is 24.2 Å². The molecule has 5 heteroatoms. The quantitative estimate of drug-likeness (QED) is 0.785. The topological polar surface area (TPSA) is 80.7 Å². The molecule has 126 valence electrons. The van der Waals surface area contributed by atoms with Gasteiger partial charge in [0.15, 0.2) is 17.3 Å². The third kappa shape index (κ3) is 1.69. The number of benzene rings is 1. The van der Waals surface area contributed by atoms with E-state index in [-0.39, 0.29) is 28.8 Å².